The maximum absolute atomic E-state index is 11.8. The summed E-state index contributed by atoms with van der Waals surface area (Å²) in [5, 5.41) is 12.7. The first-order valence-corrected chi connectivity index (χ1v) is 11.1. The molecule has 152 valence electrons. The van der Waals surface area contributed by atoms with Crippen LogP contribution in [0, 0.1) is 6.92 Å². The van der Waals surface area contributed by atoms with Crippen LogP contribution in [0.4, 0.5) is 0 Å². The van der Waals surface area contributed by atoms with Gasteiger partial charge in [-0.3, -0.25) is 9.36 Å². The van der Waals surface area contributed by atoms with Crippen molar-refractivity contribution in [1.29, 1.82) is 0 Å². The van der Waals surface area contributed by atoms with Crippen LogP contribution >= 0.6 is 11.8 Å². The highest BCUT2D eigenvalue weighted by Gasteiger charge is 2.15. The average Bonchev–Trinajstić information content (AvgIpc) is 3.13. The predicted molar refractivity (Wildman–Crippen MR) is 119 cm³/mol. The van der Waals surface area contributed by atoms with Crippen LogP contribution in [0.2, 0.25) is 0 Å². The summed E-state index contributed by atoms with van der Waals surface area (Å²) in [6.07, 6.45) is 3.05. The van der Waals surface area contributed by atoms with Gasteiger partial charge in [-0.1, -0.05) is 66.7 Å². The Morgan fingerprint density at radius 3 is 2.55 bits per heavy atom. The van der Waals surface area contributed by atoms with Crippen molar-refractivity contribution in [1.82, 2.24) is 20.1 Å². The van der Waals surface area contributed by atoms with Crippen molar-refractivity contribution in [2.75, 3.05) is 12.3 Å². The number of hydrogen-bond donors (Lipinski definition) is 1. The molecule has 0 unspecified atom stereocenters. The Bertz CT molecular complexity index is 906. The number of nitrogens with one attached hydrogen (secondary N) is 1. The number of thioether (sulfide) groups is 1. The molecule has 0 fully saturated rings. The molecule has 0 aliphatic carbocycles. The molecule has 0 saturated carbocycles. The van der Waals surface area contributed by atoms with Crippen molar-refractivity contribution in [3.05, 3.63) is 71.5 Å². The van der Waals surface area contributed by atoms with Crippen LogP contribution in [0.3, 0.4) is 0 Å². The van der Waals surface area contributed by atoms with E-state index in [0.29, 0.717) is 6.42 Å². The zero-order chi connectivity index (χ0) is 20.5. The summed E-state index contributed by atoms with van der Waals surface area (Å²) < 4.78 is 2.13. The minimum absolute atomic E-state index is 0.122. The lowest BCUT2D eigenvalue weighted by atomic mass is 10.1. The molecular formula is C23H28N4OS. The van der Waals surface area contributed by atoms with E-state index in [1.807, 2.05) is 18.2 Å². The Kier molecular flexibility index (Phi) is 7.87. The van der Waals surface area contributed by atoms with Gasteiger partial charge in [0.2, 0.25) is 5.91 Å². The fourth-order valence-corrected chi connectivity index (χ4v) is 3.90. The topological polar surface area (TPSA) is 59.8 Å². The van der Waals surface area contributed by atoms with Crippen LogP contribution < -0.4 is 5.32 Å². The second-order valence-electron chi connectivity index (χ2n) is 7.03. The molecule has 6 heteroatoms. The third-order valence-electron chi connectivity index (χ3n) is 4.55. The van der Waals surface area contributed by atoms with Crippen LogP contribution in [0.5, 0.6) is 0 Å². The summed E-state index contributed by atoms with van der Waals surface area (Å²) in [6, 6.07) is 18.7. The SMILES string of the molecule is CCCNC(=O)CCCSc1nnc(Cc2ccccc2)n1-c1ccc(C)cc1. The molecule has 0 atom stereocenters. The van der Waals surface area contributed by atoms with Crippen LogP contribution in [0.1, 0.15) is 43.1 Å². The minimum atomic E-state index is 0.122. The van der Waals surface area contributed by atoms with Gasteiger partial charge in [-0.05, 0) is 37.5 Å². The van der Waals surface area contributed by atoms with E-state index >= 15 is 0 Å². The lowest BCUT2D eigenvalue weighted by Gasteiger charge is -2.11. The number of amides is 1. The van der Waals surface area contributed by atoms with Crippen LogP contribution in [-0.4, -0.2) is 33.0 Å². The number of carbonyl (C=O) groups excluding carboxylic acids is 1. The third kappa shape index (κ3) is 6.19. The van der Waals surface area contributed by atoms with Crippen LogP contribution in [-0.2, 0) is 11.2 Å². The molecule has 0 aliphatic rings. The Hall–Kier alpha value is -2.60. The van der Waals surface area contributed by atoms with Crippen molar-refractivity contribution >= 4 is 17.7 Å². The van der Waals surface area contributed by atoms with E-state index in [2.05, 4.69) is 70.3 Å². The van der Waals surface area contributed by atoms with Crippen LogP contribution in [0.25, 0.3) is 5.69 Å². The van der Waals surface area contributed by atoms with Crippen molar-refractivity contribution in [3.63, 3.8) is 0 Å². The van der Waals surface area contributed by atoms with Crippen LogP contribution in [0.15, 0.2) is 59.8 Å². The van der Waals surface area contributed by atoms with Crippen molar-refractivity contribution < 1.29 is 4.79 Å². The van der Waals surface area contributed by atoms with Crippen molar-refractivity contribution in [3.8, 4) is 5.69 Å². The standard InChI is InChI=1S/C23H28N4OS/c1-3-15-24-22(28)10-7-16-29-23-26-25-21(17-19-8-5-4-6-9-19)27(23)20-13-11-18(2)12-14-20/h4-6,8-9,11-14H,3,7,10,15-17H2,1-2H3,(H,24,28). The number of benzene rings is 2. The molecule has 2 aromatic carbocycles. The van der Waals surface area contributed by atoms with Gasteiger partial charge in [0, 0.05) is 30.8 Å². The second kappa shape index (κ2) is 10.8. The molecular weight excluding hydrogens is 380 g/mol. The number of rotatable bonds is 10. The largest absolute Gasteiger partial charge is 0.356 e. The molecule has 3 aromatic rings. The van der Waals surface area contributed by atoms with E-state index in [0.717, 1.165) is 48.2 Å². The molecule has 29 heavy (non-hydrogen) atoms. The number of aromatic nitrogens is 3. The lowest BCUT2D eigenvalue weighted by Crippen LogP contribution is -2.23. The quantitative estimate of drug-likeness (QED) is 0.394. The van der Waals surface area contributed by atoms with E-state index < -0.39 is 0 Å². The van der Waals surface area contributed by atoms with Gasteiger partial charge in [-0.2, -0.15) is 0 Å². The van der Waals surface area contributed by atoms with Gasteiger partial charge >= 0.3 is 0 Å². The first-order chi connectivity index (χ1) is 14.2. The average molecular weight is 409 g/mol. The summed E-state index contributed by atoms with van der Waals surface area (Å²) in [7, 11) is 0. The van der Waals surface area contributed by atoms with Gasteiger partial charge < -0.3 is 5.32 Å². The zero-order valence-corrected chi connectivity index (χ0v) is 17.9. The van der Waals surface area contributed by atoms with Gasteiger partial charge in [0.05, 0.1) is 0 Å². The molecule has 0 saturated heterocycles. The van der Waals surface area contributed by atoms with E-state index in [1.54, 1.807) is 11.8 Å². The molecule has 3 rings (SSSR count). The Morgan fingerprint density at radius 2 is 1.83 bits per heavy atom. The van der Waals surface area contributed by atoms with E-state index in [-0.39, 0.29) is 5.91 Å². The highest BCUT2D eigenvalue weighted by atomic mass is 32.2. The highest BCUT2D eigenvalue weighted by Crippen LogP contribution is 2.24. The number of nitrogens with zero attached hydrogens (tertiary/aromatic N) is 3. The molecule has 1 heterocycles. The highest BCUT2D eigenvalue weighted by molar-refractivity contribution is 7.99. The lowest BCUT2D eigenvalue weighted by molar-refractivity contribution is -0.121. The number of carbonyl (C=O) groups is 1. The first-order valence-electron chi connectivity index (χ1n) is 10.1. The monoisotopic (exact) mass is 408 g/mol. The molecule has 5 nitrogen and oxygen atoms in total. The fourth-order valence-electron chi connectivity index (χ4n) is 2.99. The summed E-state index contributed by atoms with van der Waals surface area (Å²) in [5.74, 6) is 1.87. The smallest absolute Gasteiger partial charge is 0.220 e. The summed E-state index contributed by atoms with van der Waals surface area (Å²) >= 11 is 1.65. The minimum Gasteiger partial charge on any atom is -0.356 e. The summed E-state index contributed by atoms with van der Waals surface area (Å²) in [6.45, 7) is 4.89. The Morgan fingerprint density at radius 1 is 1.07 bits per heavy atom. The fraction of sp³-hybridized carbons (Fsp3) is 0.348. The molecule has 1 N–H and O–H groups in total. The molecule has 0 aliphatic heterocycles. The molecule has 1 aromatic heterocycles. The van der Waals surface area contributed by atoms with Gasteiger partial charge in [0.15, 0.2) is 5.16 Å². The van der Waals surface area contributed by atoms with E-state index in [9.17, 15) is 4.79 Å². The Labute approximate surface area is 176 Å². The maximum atomic E-state index is 11.8. The van der Waals surface area contributed by atoms with Gasteiger partial charge in [0.1, 0.15) is 5.82 Å². The van der Waals surface area contributed by atoms with E-state index in [4.69, 9.17) is 0 Å². The normalized spacial score (nSPS) is 10.8. The second-order valence-corrected chi connectivity index (χ2v) is 8.10. The third-order valence-corrected chi connectivity index (χ3v) is 5.56. The van der Waals surface area contributed by atoms with Gasteiger partial charge in [0.25, 0.3) is 0 Å². The molecule has 1 amide bonds. The zero-order valence-electron chi connectivity index (χ0n) is 17.1. The van der Waals surface area contributed by atoms with Gasteiger partial charge in [-0.25, -0.2) is 0 Å². The summed E-state index contributed by atoms with van der Waals surface area (Å²) in [5.41, 5.74) is 3.49. The van der Waals surface area contributed by atoms with E-state index in [1.165, 1.54) is 11.1 Å². The van der Waals surface area contributed by atoms with Crippen molar-refractivity contribution in [2.24, 2.45) is 0 Å². The number of hydrogen-bond acceptors (Lipinski definition) is 4. The summed E-state index contributed by atoms with van der Waals surface area (Å²) in [4.78, 5) is 11.8. The first kappa shape index (κ1) is 21.1. The molecule has 0 spiro atoms. The van der Waals surface area contributed by atoms with Crippen molar-refractivity contribution in [2.45, 2.75) is 44.7 Å². The predicted octanol–water partition coefficient (Wildman–Crippen LogP) is 4.57. The Balaban J connectivity index is 1.72. The van der Waals surface area contributed by atoms with Gasteiger partial charge in [-0.15, -0.1) is 10.2 Å². The number of aryl methyl sites for hydroxylation is 1. The molecule has 0 radical (unpaired) electrons. The maximum Gasteiger partial charge on any atom is 0.220 e. The molecule has 0 bridgehead atoms.